The molecule has 0 amide bonds. The Balaban J connectivity index is 2.40. The van der Waals surface area contributed by atoms with Gasteiger partial charge in [-0.2, -0.15) is 0 Å². The number of aromatic nitrogens is 1. The van der Waals surface area contributed by atoms with Gasteiger partial charge in [0, 0.05) is 16.8 Å². The molecule has 1 atom stereocenters. The molecular formula is C9H15NOS2. The maximum absolute atomic E-state index is 11.6. The van der Waals surface area contributed by atoms with Crippen molar-refractivity contribution >= 4 is 22.1 Å². The molecule has 0 saturated carbocycles. The van der Waals surface area contributed by atoms with E-state index in [1.165, 1.54) is 17.8 Å². The van der Waals surface area contributed by atoms with E-state index in [0.717, 1.165) is 28.6 Å². The lowest BCUT2D eigenvalue weighted by Crippen LogP contribution is -1.97. The lowest BCUT2D eigenvalue weighted by molar-refractivity contribution is 0.675. The van der Waals surface area contributed by atoms with Gasteiger partial charge in [0.15, 0.2) is 4.34 Å². The highest BCUT2D eigenvalue weighted by Crippen LogP contribution is 2.14. The van der Waals surface area contributed by atoms with Gasteiger partial charge in [0.2, 0.25) is 0 Å². The van der Waals surface area contributed by atoms with Crippen molar-refractivity contribution in [3.8, 4) is 0 Å². The molecule has 4 heteroatoms. The largest absolute Gasteiger partial charge is 0.252 e. The van der Waals surface area contributed by atoms with E-state index in [1.54, 1.807) is 0 Å². The molecule has 0 aliphatic heterocycles. The van der Waals surface area contributed by atoms with E-state index < -0.39 is 10.8 Å². The number of thiazole rings is 1. The highest BCUT2D eigenvalue weighted by molar-refractivity contribution is 7.87. The van der Waals surface area contributed by atoms with Gasteiger partial charge < -0.3 is 0 Å². The summed E-state index contributed by atoms with van der Waals surface area (Å²) >= 11 is 1.50. The first-order valence-electron chi connectivity index (χ1n) is 4.54. The quantitative estimate of drug-likeness (QED) is 0.710. The maximum atomic E-state index is 11.6. The summed E-state index contributed by atoms with van der Waals surface area (Å²) in [6.45, 7) is 4.08. The van der Waals surface area contributed by atoms with Crippen molar-refractivity contribution in [2.24, 2.45) is 0 Å². The zero-order chi connectivity index (χ0) is 9.68. The Hall–Kier alpha value is -0.220. The molecule has 1 rings (SSSR count). The van der Waals surface area contributed by atoms with Crippen LogP contribution in [0.5, 0.6) is 0 Å². The van der Waals surface area contributed by atoms with Gasteiger partial charge in [-0.05, 0) is 13.3 Å². The first-order chi connectivity index (χ1) is 6.24. The molecule has 74 valence electrons. The average Bonchev–Trinajstić information content (AvgIpc) is 2.52. The van der Waals surface area contributed by atoms with E-state index in [4.69, 9.17) is 0 Å². The van der Waals surface area contributed by atoms with E-state index in [-0.39, 0.29) is 0 Å². The molecular weight excluding hydrogens is 202 g/mol. The highest BCUT2D eigenvalue weighted by Gasteiger charge is 2.06. The number of hydrogen-bond acceptors (Lipinski definition) is 3. The SMILES string of the molecule is CCCCC[S@](=O)c1nc(C)cs1. The molecule has 0 aliphatic rings. The van der Waals surface area contributed by atoms with E-state index in [9.17, 15) is 4.21 Å². The standard InChI is InChI=1S/C9H15NOS2/c1-3-4-5-6-13(11)9-10-8(2)7-12-9/h7H,3-6H2,1-2H3/t13-/m0/s1. The smallest absolute Gasteiger partial charge is 0.180 e. The summed E-state index contributed by atoms with van der Waals surface area (Å²) in [5.74, 6) is 0.765. The first-order valence-corrected chi connectivity index (χ1v) is 6.74. The minimum atomic E-state index is -0.857. The molecule has 0 radical (unpaired) electrons. The summed E-state index contributed by atoms with van der Waals surface area (Å²) in [7, 11) is -0.857. The molecule has 0 fully saturated rings. The van der Waals surface area contributed by atoms with Crippen LogP contribution in [-0.2, 0) is 10.8 Å². The summed E-state index contributed by atoms with van der Waals surface area (Å²) in [5, 5.41) is 1.95. The fourth-order valence-electron chi connectivity index (χ4n) is 1.01. The van der Waals surface area contributed by atoms with Gasteiger partial charge in [-0.15, -0.1) is 11.3 Å². The molecule has 0 saturated heterocycles. The second-order valence-electron chi connectivity index (χ2n) is 3.01. The maximum Gasteiger partial charge on any atom is 0.180 e. The fourth-order valence-corrected chi connectivity index (χ4v) is 3.24. The Bertz CT molecular complexity index is 283. The molecule has 0 aliphatic carbocycles. The van der Waals surface area contributed by atoms with Crippen molar-refractivity contribution in [2.75, 3.05) is 5.75 Å². The highest BCUT2D eigenvalue weighted by atomic mass is 32.2. The Morgan fingerprint density at radius 1 is 1.54 bits per heavy atom. The molecule has 0 aromatic carbocycles. The van der Waals surface area contributed by atoms with E-state index in [0.29, 0.717) is 0 Å². The molecule has 1 heterocycles. The van der Waals surface area contributed by atoms with Crippen LogP contribution in [0.2, 0.25) is 0 Å². The zero-order valence-corrected chi connectivity index (χ0v) is 9.71. The third-order valence-electron chi connectivity index (χ3n) is 1.73. The van der Waals surface area contributed by atoms with Crippen molar-refractivity contribution in [3.05, 3.63) is 11.1 Å². The van der Waals surface area contributed by atoms with Crippen LogP contribution in [0.25, 0.3) is 0 Å². The van der Waals surface area contributed by atoms with Gasteiger partial charge in [-0.3, -0.25) is 4.21 Å². The van der Waals surface area contributed by atoms with Crippen molar-refractivity contribution in [1.82, 2.24) is 4.98 Å². The minimum Gasteiger partial charge on any atom is -0.252 e. The van der Waals surface area contributed by atoms with Crippen LogP contribution >= 0.6 is 11.3 Å². The van der Waals surface area contributed by atoms with Gasteiger partial charge >= 0.3 is 0 Å². The van der Waals surface area contributed by atoms with Gasteiger partial charge in [0.25, 0.3) is 0 Å². The van der Waals surface area contributed by atoms with Crippen molar-refractivity contribution < 1.29 is 4.21 Å². The van der Waals surface area contributed by atoms with Crippen molar-refractivity contribution in [1.29, 1.82) is 0 Å². The minimum absolute atomic E-state index is 0.765. The van der Waals surface area contributed by atoms with Crippen LogP contribution < -0.4 is 0 Å². The number of nitrogens with zero attached hydrogens (tertiary/aromatic N) is 1. The summed E-state index contributed by atoms with van der Waals surface area (Å²) in [6.07, 6.45) is 3.38. The van der Waals surface area contributed by atoms with Crippen molar-refractivity contribution in [2.45, 2.75) is 37.4 Å². The molecule has 1 aromatic rings. The Labute approximate surface area is 85.9 Å². The van der Waals surface area contributed by atoms with Crippen LogP contribution in [0, 0.1) is 6.92 Å². The molecule has 0 spiro atoms. The van der Waals surface area contributed by atoms with Gasteiger partial charge in [0.05, 0.1) is 10.8 Å². The number of unbranched alkanes of at least 4 members (excludes halogenated alkanes) is 2. The third kappa shape index (κ3) is 3.56. The predicted octanol–water partition coefficient (Wildman–Crippen LogP) is 2.75. The normalized spacial score (nSPS) is 13.1. The molecule has 1 aromatic heterocycles. The molecule has 2 nitrogen and oxygen atoms in total. The summed E-state index contributed by atoms with van der Waals surface area (Å²) < 4.78 is 12.4. The number of rotatable bonds is 5. The summed E-state index contributed by atoms with van der Waals surface area (Å²) in [4.78, 5) is 4.21. The molecule has 0 N–H and O–H groups in total. The first kappa shape index (κ1) is 10.9. The van der Waals surface area contributed by atoms with Crippen LogP contribution in [0.3, 0.4) is 0 Å². The lowest BCUT2D eigenvalue weighted by atomic mass is 10.3. The van der Waals surface area contributed by atoms with Crippen molar-refractivity contribution in [3.63, 3.8) is 0 Å². The van der Waals surface area contributed by atoms with Gasteiger partial charge in [-0.1, -0.05) is 19.8 Å². The molecule has 0 unspecified atom stereocenters. The van der Waals surface area contributed by atoms with Gasteiger partial charge in [-0.25, -0.2) is 4.98 Å². The third-order valence-corrected chi connectivity index (χ3v) is 4.46. The number of aryl methyl sites for hydroxylation is 1. The Morgan fingerprint density at radius 2 is 2.31 bits per heavy atom. The Morgan fingerprint density at radius 3 is 2.85 bits per heavy atom. The van der Waals surface area contributed by atoms with Crippen LogP contribution in [-0.4, -0.2) is 14.9 Å². The Kier molecular flexibility index (Phi) is 4.59. The van der Waals surface area contributed by atoms with Gasteiger partial charge in [0.1, 0.15) is 0 Å². The van der Waals surface area contributed by atoms with Crippen LogP contribution in [0.15, 0.2) is 9.72 Å². The second kappa shape index (κ2) is 5.50. The predicted molar refractivity (Wildman–Crippen MR) is 57.7 cm³/mol. The lowest BCUT2D eigenvalue weighted by Gasteiger charge is -1.96. The number of hydrogen-bond donors (Lipinski definition) is 0. The van der Waals surface area contributed by atoms with Crippen LogP contribution in [0.1, 0.15) is 31.9 Å². The van der Waals surface area contributed by atoms with E-state index in [2.05, 4.69) is 11.9 Å². The van der Waals surface area contributed by atoms with E-state index in [1.807, 2.05) is 12.3 Å². The topological polar surface area (TPSA) is 30.0 Å². The van der Waals surface area contributed by atoms with Crippen LogP contribution in [0.4, 0.5) is 0 Å². The average molecular weight is 217 g/mol. The molecule has 13 heavy (non-hydrogen) atoms. The monoisotopic (exact) mass is 217 g/mol. The summed E-state index contributed by atoms with van der Waals surface area (Å²) in [6, 6.07) is 0. The van der Waals surface area contributed by atoms with E-state index >= 15 is 0 Å². The molecule has 0 bridgehead atoms. The zero-order valence-electron chi connectivity index (χ0n) is 8.08. The fraction of sp³-hybridized carbons (Fsp3) is 0.667. The summed E-state index contributed by atoms with van der Waals surface area (Å²) in [5.41, 5.74) is 0.976. The second-order valence-corrected chi connectivity index (χ2v) is 5.61.